The Bertz CT molecular complexity index is 819. The SMILES string of the molecule is O=C(/C=C/c1cccc([N+](=O)[O-])c1)NC[C@@H]1COc2ccccc2O1. The van der Waals surface area contributed by atoms with Crippen LogP contribution in [-0.4, -0.2) is 30.1 Å². The fourth-order valence-corrected chi connectivity index (χ4v) is 2.35. The predicted molar refractivity (Wildman–Crippen MR) is 91.5 cm³/mol. The third-order valence-corrected chi connectivity index (χ3v) is 3.58. The first-order valence-corrected chi connectivity index (χ1v) is 7.70. The zero-order valence-corrected chi connectivity index (χ0v) is 13.3. The molecule has 0 unspecified atom stereocenters. The molecule has 0 aliphatic carbocycles. The highest BCUT2D eigenvalue weighted by Gasteiger charge is 2.20. The van der Waals surface area contributed by atoms with Crippen molar-refractivity contribution in [2.45, 2.75) is 6.10 Å². The van der Waals surface area contributed by atoms with Gasteiger partial charge in [0.2, 0.25) is 5.91 Å². The Morgan fingerprint density at radius 3 is 2.84 bits per heavy atom. The van der Waals surface area contributed by atoms with Crippen LogP contribution < -0.4 is 14.8 Å². The van der Waals surface area contributed by atoms with E-state index in [1.807, 2.05) is 24.3 Å². The van der Waals surface area contributed by atoms with Crippen molar-refractivity contribution < 1.29 is 19.2 Å². The molecule has 1 heterocycles. The molecule has 1 amide bonds. The molecule has 0 bridgehead atoms. The molecule has 1 aliphatic heterocycles. The monoisotopic (exact) mass is 340 g/mol. The average Bonchev–Trinajstić information content (AvgIpc) is 2.64. The normalized spacial score (nSPS) is 15.8. The van der Waals surface area contributed by atoms with Crippen LogP contribution in [0.1, 0.15) is 5.56 Å². The minimum atomic E-state index is -0.477. The Balaban J connectivity index is 1.52. The molecule has 1 atom stereocenters. The number of hydrogen-bond acceptors (Lipinski definition) is 5. The topological polar surface area (TPSA) is 90.7 Å². The summed E-state index contributed by atoms with van der Waals surface area (Å²) >= 11 is 0. The number of rotatable bonds is 5. The van der Waals surface area contributed by atoms with Crippen molar-refractivity contribution in [3.8, 4) is 11.5 Å². The molecule has 25 heavy (non-hydrogen) atoms. The van der Waals surface area contributed by atoms with E-state index in [-0.39, 0.29) is 17.7 Å². The Kier molecular flexibility index (Phi) is 4.94. The summed E-state index contributed by atoms with van der Waals surface area (Å²) in [5, 5.41) is 13.5. The molecule has 0 spiro atoms. The van der Waals surface area contributed by atoms with Crippen LogP contribution in [0.4, 0.5) is 5.69 Å². The summed E-state index contributed by atoms with van der Waals surface area (Å²) < 4.78 is 11.3. The number of carbonyl (C=O) groups excluding carboxylic acids is 1. The summed E-state index contributed by atoms with van der Waals surface area (Å²) in [5.41, 5.74) is 0.560. The molecular weight excluding hydrogens is 324 g/mol. The third kappa shape index (κ3) is 4.35. The fourth-order valence-electron chi connectivity index (χ4n) is 2.35. The molecule has 7 heteroatoms. The van der Waals surface area contributed by atoms with E-state index in [0.29, 0.717) is 30.2 Å². The predicted octanol–water partition coefficient (Wildman–Crippen LogP) is 2.56. The summed E-state index contributed by atoms with van der Waals surface area (Å²) in [7, 11) is 0. The number of para-hydroxylation sites is 2. The largest absolute Gasteiger partial charge is 0.486 e. The molecule has 0 aromatic heterocycles. The molecule has 128 valence electrons. The summed E-state index contributed by atoms with van der Waals surface area (Å²) in [6, 6.07) is 13.4. The highest BCUT2D eigenvalue weighted by molar-refractivity contribution is 5.91. The Labute approximate surface area is 144 Å². The van der Waals surface area contributed by atoms with Crippen molar-refractivity contribution in [2.75, 3.05) is 13.2 Å². The van der Waals surface area contributed by atoms with E-state index in [1.165, 1.54) is 24.3 Å². The molecule has 3 rings (SSSR count). The van der Waals surface area contributed by atoms with Crippen molar-refractivity contribution in [1.82, 2.24) is 5.32 Å². The van der Waals surface area contributed by atoms with Gasteiger partial charge in [-0.1, -0.05) is 24.3 Å². The molecule has 0 fully saturated rings. The van der Waals surface area contributed by atoms with Crippen LogP contribution in [0.2, 0.25) is 0 Å². The first-order chi connectivity index (χ1) is 12.1. The van der Waals surface area contributed by atoms with Gasteiger partial charge < -0.3 is 14.8 Å². The first-order valence-electron chi connectivity index (χ1n) is 7.70. The second-order valence-electron chi connectivity index (χ2n) is 5.43. The zero-order valence-electron chi connectivity index (χ0n) is 13.3. The zero-order chi connectivity index (χ0) is 17.6. The molecule has 2 aromatic carbocycles. The van der Waals surface area contributed by atoms with Crippen LogP contribution >= 0.6 is 0 Å². The third-order valence-electron chi connectivity index (χ3n) is 3.58. The summed E-state index contributed by atoms with van der Waals surface area (Å²) in [6.07, 6.45) is 2.58. The van der Waals surface area contributed by atoms with Gasteiger partial charge in [-0.3, -0.25) is 14.9 Å². The van der Waals surface area contributed by atoms with E-state index >= 15 is 0 Å². The summed E-state index contributed by atoms with van der Waals surface area (Å²) in [4.78, 5) is 22.2. The van der Waals surface area contributed by atoms with Crippen molar-refractivity contribution in [1.29, 1.82) is 0 Å². The lowest BCUT2D eigenvalue weighted by atomic mass is 10.2. The molecular formula is C18H16N2O5. The van der Waals surface area contributed by atoms with E-state index in [9.17, 15) is 14.9 Å². The molecule has 0 saturated heterocycles. The number of amides is 1. The van der Waals surface area contributed by atoms with Crippen LogP contribution in [0.25, 0.3) is 6.08 Å². The van der Waals surface area contributed by atoms with Crippen LogP contribution in [0.3, 0.4) is 0 Å². The number of fused-ring (bicyclic) bond motifs is 1. The number of benzene rings is 2. The van der Waals surface area contributed by atoms with Crippen molar-refractivity contribution >= 4 is 17.7 Å². The first kappa shape index (κ1) is 16.5. The highest BCUT2D eigenvalue weighted by Crippen LogP contribution is 2.30. The van der Waals surface area contributed by atoms with E-state index in [4.69, 9.17) is 9.47 Å². The number of nitrogens with zero attached hydrogens (tertiary/aromatic N) is 1. The number of carbonyl (C=O) groups is 1. The number of nitro groups is 1. The standard InChI is InChI=1S/C18H16N2O5/c21-18(9-8-13-4-3-5-14(10-13)20(22)23)19-11-15-12-24-16-6-1-2-7-17(16)25-15/h1-10,15H,11-12H2,(H,19,21)/b9-8+/t15-/m1/s1. The van der Waals surface area contributed by atoms with E-state index in [0.717, 1.165) is 0 Å². The van der Waals surface area contributed by atoms with E-state index < -0.39 is 4.92 Å². The number of ether oxygens (including phenoxy) is 2. The quantitative estimate of drug-likeness (QED) is 0.513. The van der Waals surface area contributed by atoms with Gasteiger partial charge in [0.15, 0.2) is 11.5 Å². The number of nitro benzene ring substituents is 1. The van der Waals surface area contributed by atoms with Crippen molar-refractivity contribution in [2.24, 2.45) is 0 Å². The van der Waals surface area contributed by atoms with Gasteiger partial charge in [-0.25, -0.2) is 0 Å². The lowest BCUT2D eigenvalue weighted by Gasteiger charge is -2.26. The Hall–Kier alpha value is -3.35. The van der Waals surface area contributed by atoms with Crippen LogP contribution in [0, 0.1) is 10.1 Å². The lowest BCUT2D eigenvalue weighted by Crippen LogP contribution is -2.40. The number of non-ortho nitro benzene ring substituents is 1. The van der Waals surface area contributed by atoms with E-state index in [2.05, 4.69) is 5.32 Å². The molecule has 1 N–H and O–H groups in total. The van der Waals surface area contributed by atoms with Gasteiger partial charge >= 0.3 is 0 Å². The number of hydrogen-bond donors (Lipinski definition) is 1. The Morgan fingerprint density at radius 1 is 1.24 bits per heavy atom. The molecule has 7 nitrogen and oxygen atoms in total. The minimum absolute atomic E-state index is 0.0195. The lowest BCUT2D eigenvalue weighted by molar-refractivity contribution is -0.384. The molecule has 2 aromatic rings. The van der Waals surface area contributed by atoms with Gasteiger partial charge in [0.05, 0.1) is 11.5 Å². The molecule has 0 radical (unpaired) electrons. The highest BCUT2D eigenvalue weighted by atomic mass is 16.6. The van der Waals surface area contributed by atoms with Gasteiger partial charge in [-0.15, -0.1) is 0 Å². The maximum absolute atomic E-state index is 11.9. The summed E-state index contributed by atoms with van der Waals surface area (Å²) in [6.45, 7) is 0.651. The van der Waals surface area contributed by atoms with Gasteiger partial charge in [-0.2, -0.15) is 0 Å². The van der Waals surface area contributed by atoms with Gasteiger partial charge in [-0.05, 0) is 23.8 Å². The minimum Gasteiger partial charge on any atom is -0.486 e. The van der Waals surface area contributed by atoms with Crippen LogP contribution in [-0.2, 0) is 4.79 Å². The smallest absolute Gasteiger partial charge is 0.270 e. The van der Waals surface area contributed by atoms with Gasteiger partial charge in [0.25, 0.3) is 5.69 Å². The maximum Gasteiger partial charge on any atom is 0.270 e. The maximum atomic E-state index is 11.9. The Morgan fingerprint density at radius 2 is 2.04 bits per heavy atom. The fraction of sp³-hybridized carbons (Fsp3) is 0.167. The van der Waals surface area contributed by atoms with E-state index in [1.54, 1.807) is 12.1 Å². The summed E-state index contributed by atoms with van der Waals surface area (Å²) in [5.74, 6) is 1.03. The second-order valence-corrected chi connectivity index (χ2v) is 5.43. The van der Waals surface area contributed by atoms with Crippen LogP contribution in [0.5, 0.6) is 11.5 Å². The van der Waals surface area contributed by atoms with Crippen molar-refractivity contribution in [3.05, 3.63) is 70.3 Å². The second kappa shape index (κ2) is 7.48. The molecule has 0 saturated carbocycles. The number of nitrogens with one attached hydrogen (secondary N) is 1. The molecule has 1 aliphatic rings. The van der Waals surface area contributed by atoms with Gasteiger partial charge in [0, 0.05) is 18.2 Å². The van der Waals surface area contributed by atoms with Crippen molar-refractivity contribution in [3.63, 3.8) is 0 Å². The average molecular weight is 340 g/mol. The van der Waals surface area contributed by atoms with Gasteiger partial charge in [0.1, 0.15) is 12.7 Å². The van der Waals surface area contributed by atoms with Crippen LogP contribution in [0.15, 0.2) is 54.6 Å².